The van der Waals surface area contributed by atoms with E-state index in [4.69, 9.17) is 0 Å². The topological polar surface area (TPSA) is 67.2 Å². The molecular weight excluding hydrogens is 280 g/mol. The summed E-state index contributed by atoms with van der Waals surface area (Å²) in [5.74, 6) is -0.227. The SMILES string of the molecule is CC.CCn1ccc2cc(N3CCC(=O)NC3=O)c(C)nc21. The molecule has 2 aromatic heterocycles. The normalized spacial score (nSPS) is 14.6. The quantitative estimate of drug-likeness (QED) is 0.927. The van der Waals surface area contributed by atoms with E-state index in [1.807, 2.05) is 39.1 Å². The molecule has 1 saturated heterocycles. The number of carbonyl (C=O) groups is 2. The van der Waals surface area contributed by atoms with Gasteiger partial charge in [0, 0.05) is 31.1 Å². The van der Waals surface area contributed by atoms with Crippen molar-refractivity contribution in [1.29, 1.82) is 0 Å². The van der Waals surface area contributed by atoms with Gasteiger partial charge in [0.1, 0.15) is 5.65 Å². The van der Waals surface area contributed by atoms with Crippen LogP contribution in [-0.2, 0) is 11.3 Å². The molecule has 1 aliphatic heterocycles. The first kappa shape index (κ1) is 16.0. The monoisotopic (exact) mass is 302 g/mol. The molecule has 0 aromatic carbocycles. The Kier molecular flexibility index (Phi) is 4.80. The molecule has 0 saturated carbocycles. The summed E-state index contributed by atoms with van der Waals surface area (Å²) in [5, 5.41) is 3.33. The number of aryl methyl sites for hydroxylation is 2. The van der Waals surface area contributed by atoms with Gasteiger partial charge in [-0.25, -0.2) is 9.78 Å². The van der Waals surface area contributed by atoms with Crippen molar-refractivity contribution in [3.05, 3.63) is 24.0 Å². The van der Waals surface area contributed by atoms with Gasteiger partial charge < -0.3 is 4.57 Å². The summed E-state index contributed by atoms with van der Waals surface area (Å²) in [6.45, 7) is 9.20. The van der Waals surface area contributed by atoms with Crippen LogP contribution < -0.4 is 10.2 Å². The Labute approximate surface area is 130 Å². The van der Waals surface area contributed by atoms with Crippen LogP contribution in [0, 0.1) is 6.92 Å². The maximum Gasteiger partial charge on any atom is 0.328 e. The fraction of sp³-hybridized carbons (Fsp3) is 0.438. The molecule has 0 aliphatic carbocycles. The lowest BCUT2D eigenvalue weighted by atomic mass is 10.2. The van der Waals surface area contributed by atoms with E-state index in [1.54, 1.807) is 4.90 Å². The standard InChI is InChI=1S/C14H16N4O2.C2H6/c1-3-17-6-4-10-8-11(9(2)15-13(10)17)18-7-5-12(19)16-14(18)20;1-2/h4,6,8H,3,5,7H2,1-2H3,(H,16,19,20);1-2H3. The Morgan fingerprint density at radius 3 is 2.68 bits per heavy atom. The van der Waals surface area contributed by atoms with Crippen molar-refractivity contribution in [3.8, 4) is 0 Å². The summed E-state index contributed by atoms with van der Waals surface area (Å²) in [6.07, 6.45) is 2.31. The Hall–Kier alpha value is -2.37. The van der Waals surface area contributed by atoms with Crippen molar-refractivity contribution >= 4 is 28.7 Å². The van der Waals surface area contributed by atoms with E-state index in [9.17, 15) is 9.59 Å². The minimum atomic E-state index is -0.375. The fourth-order valence-corrected chi connectivity index (χ4v) is 2.51. The van der Waals surface area contributed by atoms with E-state index < -0.39 is 0 Å². The molecule has 2 aromatic rings. The number of rotatable bonds is 2. The van der Waals surface area contributed by atoms with Crippen molar-refractivity contribution in [3.63, 3.8) is 0 Å². The number of amides is 3. The van der Waals surface area contributed by atoms with Gasteiger partial charge in [0.2, 0.25) is 5.91 Å². The highest BCUT2D eigenvalue weighted by Crippen LogP contribution is 2.26. The van der Waals surface area contributed by atoms with E-state index in [2.05, 4.69) is 21.8 Å². The van der Waals surface area contributed by atoms with Crippen molar-refractivity contribution in [1.82, 2.24) is 14.9 Å². The summed E-state index contributed by atoms with van der Waals surface area (Å²) in [6, 6.07) is 3.57. The largest absolute Gasteiger partial charge is 0.333 e. The molecule has 0 radical (unpaired) electrons. The van der Waals surface area contributed by atoms with Gasteiger partial charge in [-0.2, -0.15) is 0 Å². The zero-order chi connectivity index (χ0) is 16.3. The van der Waals surface area contributed by atoms with E-state index in [1.165, 1.54) is 0 Å². The summed E-state index contributed by atoms with van der Waals surface area (Å²) in [5.41, 5.74) is 2.47. The number of nitrogens with one attached hydrogen (secondary N) is 1. The number of nitrogens with zero attached hydrogens (tertiary/aromatic N) is 3. The van der Waals surface area contributed by atoms with Crippen molar-refractivity contribution in [2.24, 2.45) is 0 Å². The molecule has 118 valence electrons. The number of carbonyl (C=O) groups excluding carboxylic acids is 2. The summed E-state index contributed by atoms with van der Waals surface area (Å²) < 4.78 is 2.06. The number of fused-ring (bicyclic) bond motifs is 1. The number of anilines is 1. The first-order chi connectivity index (χ1) is 10.6. The molecule has 3 amide bonds. The lowest BCUT2D eigenvalue weighted by Gasteiger charge is -2.27. The molecule has 6 heteroatoms. The van der Waals surface area contributed by atoms with Crippen LogP contribution in [0.4, 0.5) is 10.5 Å². The average molecular weight is 302 g/mol. The van der Waals surface area contributed by atoms with Crippen LogP contribution in [0.3, 0.4) is 0 Å². The highest BCUT2D eigenvalue weighted by atomic mass is 16.2. The van der Waals surface area contributed by atoms with Crippen molar-refractivity contribution in [2.45, 2.75) is 40.7 Å². The van der Waals surface area contributed by atoms with Gasteiger partial charge >= 0.3 is 6.03 Å². The molecule has 0 spiro atoms. The number of imide groups is 1. The van der Waals surface area contributed by atoms with Crippen molar-refractivity contribution < 1.29 is 9.59 Å². The second-order valence-electron chi connectivity index (χ2n) is 4.86. The zero-order valence-electron chi connectivity index (χ0n) is 13.5. The Bertz CT molecular complexity index is 705. The second-order valence-corrected chi connectivity index (χ2v) is 4.86. The molecule has 22 heavy (non-hydrogen) atoms. The minimum Gasteiger partial charge on any atom is -0.333 e. The van der Waals surface area contributed by atoms with Crippen molar-refractivity contribution in [2.75, 3.05) is 11.4 Å². The molecule has 3 heterocycles. The van der Waals surface area contributed by atoms with Gasteiger partial charge in [0.05, 0.1) is 11.4 Å². The van der Waals surface area contributed by atoms with E-state index >= 15 is 0 Å². The average Bonchev–Trinajstić information content (AvgIpc) is 2.91. The van der Waals surface area contributed by atoms with Crippen LogP contribution >= 0.6 is 0 Å². The predicted octanol–water partition coefficient (Wildman–Crippen LogP) is 2.84. The van der Waals surface area contributed by atoms with E-state index in [0.717, 1.165) is 29.0 Å². The molecule has 3 rings (SSSR count). The number of hydrogen-bond donors (Lipinski definition) is 1. The van der Waals surface area contributed by atoms with Gasteiger partial charge in [-0.3, -0.25) is 15.0 Å². The van der Waals surface area contributed by atoms with Crippen LogP contribution in [0.5, 0.6) is 0 Å². The molecule has 0 unspecified atom stereocenters. The van der Waals surface area contributed by atoms with Gasteiger partial charge in [0.25, 0.3) is 0 Å². The highest BCUT2D eigenvalue weighted by Gasteiger charge is 2.26. The minimum absolute atomic E-state index is 0.227. The predicted molar refractivity (Wildman–Crippen MR) is 87.0 cm³/mol. The lowest BCUT2D eigenvalue weighted by Crippen LogP contribution is -2.49. The van der Waals surface area contributed by atoms with Gasteiger partial charge in [-0.1, -0.05) is 13.8 Å². The third kappa shape index (κ3) is 2.81. The first-order valence-corrected chi connectivity index (χ1v) is 7.68. The van der Waals surface area contributed by atoms with Crippen LogP contribution in [0.15, 0.2) is 18.3 Å². The van der Waals surface area contributed by atoms with Gasteiger partial charge in [0.15, 0.2) is 0 Å². The fourth-order valence-electron chi connectivity index (χ4n) is 2.51. The molecule has 0 bridgehead atoms. The maximum atomic E-state index is 11.9. The molecular formula is C16H22N4O2. The molecule has 1 N–H and O–H groups in total. The lowest BCUT2D eigenvalue weighted by molar-refractivity contribution is -0.120. The van der Waals surface area contributed by atoms with Gasteiger partial charge in [-0.15, -0.1) is 0 Å². The molecule has 6 nitrogen and oxygen atoms in total. The van der Waals surface area contributed by atoms with Gasteiger partial charge in [-0.05, 0) is 26.0 Å². The zero-order valence-corrected chi connectivity index (χ0v) is 13.5. The van der Waals surface area contributed by atoms with Crippen LogP contribution in [0.2, 0.25) is 0 Å². The van der Waals surface area contributed by atoms with E-state index in [0.29, 0.717) is 13.0 Å². The molecule has 0 atom stereocenters. The third-order valence-corrected chi connectivity index (χ3v) is 3.59. The Morgan fingerprint density at radius 2 is 2.05 bits per heavy atom. The number of hydrogen-bond acceptors (Lipinski definition) is 3. The highest BCUT2D eigenvalue weighted by molar-refractivity contribution is 6.06. The summed E-state index contributed by atoms with van der Waals surface area (Å²) in [4.78, 5) is 29.3. The number of pyridine rings is 1. The Morgan fingerprint density at radius 1 is 1.32 bits per heavy atom. The number of aromatic nitrogens is 2. The summed E-state index contributed by atoms with van der Waals surface area (Å²) in [7, 11) is 0. The third-order valence-electron chi connectivity index (χ3n) is 3.59. The second kappa shape index (κ2) is 6.60. The van der Waals surface area contributed by atoms with E-state index in [-0.39, 0.29) is 11.9 Å². The van der Waals surface area contributed by atoms with Crippen LogP contribution in [0.25, 0.3) is 11.0 Å². The smallest absolute Gasteiger partial charge is 0.328 e. The molecule has 1 aliphatic rings. The number of urea groups is 1. The first-order valence-electron chi connectivity index (χ1n) is 7.68. The van der Waals surface area contributed by atoms with Crippen LogP contribution in [-0.4, -0.2) is 28.0 Å². The summed E-state index contributed by atoms with van der Waals surface area (Å²) >= 11 is 0. The molecule has 1 fully saturated rings. The maximum absolute atomic E-state index is 11.9. The van der Waals surface area contributed by atoms with Crippen LogP contribution in [0.1, 0.15) is 32.9 Å². The Balaban J connectivity index is 0.000000847.